The largest absolute Gasteiger partial charge is 0.507 e. The number of Topliss-reactive ketones (excluding diaryl/α,β-unsaturated/α-hetero) is 1. The van der Waals surface area contributed by atoms with E-state index in [0.717, 1.165) is 45.3 Å². The normalized spacial score (nSPS) is 16.8. The van der Waals surface area contributed by atoms with Crippen molar-refractivity contribution in [3.05, 3.63) is 75.3 Å². The fourth-order valence-electron chi connectivity index (χ4n) is 4.81. The highest BCUT2D eigenvalue weighted by Gasteiger charge is 2.46. The quantitative estimate of drug-likeness (QED) is 0.117. The van der Waals surface area contributed by atoms with Crippen molar-refractivity contribution in [2.75, 3.05) is 33.3 Å². The maximum atomic E-state index is 13.3. The molecule has 1 amide bonds. The highest BCUT2D eigenvalue weighted by atomic mass is 16.6. The second kappa shape index (κ2) is 13.7. The minimum Gasteiger partial charge on any atom is -0.507 e. The number of carbonyl (C=O) groups is 2. The minimum absolute atomic E-state index is 0.0994. The van der Waals surface area contributed by atoms with Gasteiger partial charge in [-0.25, -0.2) is 0 Å². The number of nitro groups is 1. The van der Waals surface area contributed by atoms with E-state index in [9.17, 15) is 24.8 Å². The van der Waals surface area contributed by atoms with Crippen molar-refractivity contribution in [1.29, 1.82) is 0 Å². The van der Waals surface area contributed by atoms with E-state index in [1.54, 1.807) is 24.3 Å². The number of nitro benzene ring substituents is 1. The van der Waals surface area contributed by atoms with Gasteiger partial charge in [-0.1, -0.05) is 57.0 Å². The molecule has 204 valence electrons. The Kier molecular flexibility index (Phi) is 10.4. The van der Waals surface area contributed by atoms with Crippen molar-refractivity contribution < 1.29 is 24.4 Å². The lowest BCUT2D eigenvalue weighted by Gasteiger charge is -2.28. The molecule has 9 heteroatoms. The molecular formula is C29H37N3O6. The van der Waals surface area contributed by atoms with Gasteiger partial charge in [-0.05, 0) is 45.0 Å². The van der Waals surface area contributed by atoms with Gasteiger partial charge in [0.05, 0.1) is 23.6 Å². The molecule has 1 saturated heterocycles. The number of methoxy groups -OCH3 is 1. The zero-order chi connectivity index (χ0) is 27.7. The highest BCUT2D eigenvalue weighted by Crippen LogP contribution is 2.42. The van der Waals surface area contributed by atoms with E-state index in [1.807, 2.05) is 0 Å². The van der Waals surface area contributed by atoms with Crippen molar-refractivity contribution in [1.82, 2.24) is 9.80 Å². The molecule has 0 saturated carbocycles. The number of ether oxygens (including phenoxy) is 1. The number of nitrogens with zero attached hydrogens (tertiary/aromatic N) is 3. The topological polar surface area (TPSA) is 113 Å². The van der Waals surface area contributed by atoms with Crippen LogP contribution >= 0.6 is 0 Å². The standard InChI is InChI=1S/C29H37N3O6/c1-4-6-16-30(17-7-5-2)18-11-19-31-26(23-14-8-9-15-24(23)38-3)25(28(34)29(31)35)27(33)21-12-10-13-22(20-21)32(36)37/h8-10,12-15,20,26,33H,4-7,11,16-19H2,1-3H3/t26-/m0/s1. The number of non-ortho nitro benzene ring substituents is 1. The van der Waals surface area contributed by atoms with E-state index >= 15 is 0 Å². The number of likely N-dealkylation sites (tertiary alicyclic amines) is 1. The second-order valence-corrected chi connectivity index (χ2v) is 9.44. The SMILES string of the molecule is CCCCN(CCCC)CCCN1C(=O)C(=O)C(=C(O)c2cccc([N+](=O)[O-])c2)[C@@H]1c1ccccc1OC. The van der Waals surface area contributed by atoms with E-state index < -0.39 is 28.4 Å². The summed E-state index contributed by atoms with van der Waals surface area (Å²) in [4.78, 5) is 41.2. The molecule has 1 heterocycles. The first kappa shape index (κ1) is 28.8. The van der Waals surface area contributed by atoms with Crippen LogP contribution < -0.4 is 4.74 Å². The van der Waals surface area contributed by atoms with Crippen LogP contribution in [0.3, 0.4) is 0 Å². The van der Waals surface area contributed by atoms with Gasteiger partial charge in [-0.3, -0.25) is 19.7 Å². The third kappa shape index (κ3) is 6.58. The summed E-state index contributed by atoms with van der Waals surface area (Å²) in [6, 6.07) is 11.6. The van der Waals surface area contributed by atoms with E-state index in [-0.39, 0.29) is 16.8 Å². The Bertz CT molecular complexity index is 1170. The van der Waals surface area contributed by atoms with Crippen molar-refractivity contribution in [3.8, 4) is 5.75 Å². The molecule has 0 spiro atoms. The van der Waals surface area contributed by atoms with Gasteiger partial charge in [0, 0.05) is 29.8 Å². The summed E-state index contributed by atoms with van der Waals surface area (Å²) in [6.45, 7) is 7.38. The first-order valence-corrected chi connectivity index (χ1v) is 13.2. The Morgan fingerprint density at radius 3 is 2.32 bits per heavy atom. The monoisotopic (exact) mass is 523 g/mol. The number of unbranched alkanes of at least 4 members (excludes halogenated alkanes) is 2. The predicted molar refractivity (Wildman–Crippen MR) is 146 cm³/mol. The summed E-state index contributed by atoms with van der Waals surface area (Å²) in [5.74, 6) is -1.50. The Balaban J connectivity index is 2.00. The molecule has 2 aromatic rings. The average molecular weight is 524 g/mol. The van der Waals surface area contributed by atoms with Crippen LogP contribution in [-0.4, -0.2) is 64.8 Å². The summed E-state index contributed by atoms with van der Waals surface area (Å²) in [6.07, 6.45) is 5.05. The summed E-state index contributed by atoms with van der Waals surface area (Å²) in [5, 5.41) is 22.5. The van der Waals surface area contributed by atoms with E-state index in [4.69, 9.17) is 4.74 Å². The first-order valence-electron chi connectivity index (χ1n) is 13.2. The molecule has 3 rings (SSSR count). The van der Waals surface area contributed by atoms with Crippen LogP contribution in [-0.2, 0) is 9.59 Å². The Labute approximate surface area is 223 Å². The van der Waals surface area contributed by atoms with E-state index in [1.165, 1.54) is 36.3 Å². The number of aliphatic hydroxyl groups excluding tert-OH is 1. The fourth-order valence-corrected chi connectivity index (χ4v) is 4.81. The van der Waals surface area contributed by atoms with Crippen LogP contribution in [0, 0.1) is 10.1 Å². The lowest BCUT2D eigenvalue weighted by atomic mass is 9.94. The number of benzene rings is 2. The molecule has 0 aromatic heterocycles. The van der Waals surface area contributed by atoms with Crippen LogP contribution in [0.15, 0.2) is 54.1 Å². The Morgan fingerprint density at radius 2 is 1.68 bits per heavy atom. The molecule has 0 unspecified atom stereocenters. The molecule has 1 N–H and O–H groups in total. The minimum atomic E-state index is -0.884. The molecule has 1 fully saturated rings. The zero-order valence-corrected chi connectivity index (χ0v) is 22.4. The maximum Gasteiger partial charge on any atom is 0.295 e. The molecule has 38 heavy (non-hydrogen) atoms. The number of amides is 1. The molecule has 9 nitrogen and oxygen atoms in total. The molecule has 1 aliphatic rings. The van der Waals surface area contributed by atoms with Crippen molar-refractivity contribution in [3.63, 3.8) is 0 Å². The number of ketones is 1. The van der Waals surface area contributed by atoms with Crippen LogP contribution in [0.4, 0.5) is 5.69 Å². The van der Waals surface area contributed by atoms with Crippen molar-refractivity contribution >= 4 is 23.1 Å². The van der Waals surface area contributed by atoms with E-state index in [0.29, 0.717) is 24.3 Å². The van der Waals surface area contributed by atoms with Crippen molar-refractivity contribution in [2.24, 2.45) is 0 Å². The van der Waals surface area contributed by atoms with Gasteiger partial charge >= 0.3 is 0 Å². The zero-order valence-electron chi connectivity index (χ0n) is 22.4. The van der Waals surface area contributed by atoms with Crippen LogP contribution in [0.2, 0.25) is 0 Å². The molecule has 0 bridgehead atoms. The Morgan fingerprint density at radius 1 is 1.03 bits per heavy atom. The van der Waals surface area contributed by atoms with Crippen LogP contribution in [0.5, 0.6) is 5.75 Å². The molecule has 0 radical (unpaired) electrons. The number of hydrogen-bond donors (Lipinski definition) is 1. The van der Waals surface area contributed by atoms with Crippen molar-refractivity contribution in [2.45, 2.75) is 52.0 Å². The third-order valence-electron chi connectivity index (χ3n) is 6.83. The predicted octanol–water partition coefficient (Wildman–Crippen LogP) is 5.32. The highest BCUT2D eigenvalue weighted by molar-refractivity contribution is 6.46. The number of aliphatic hydroxyl groups is 1. The second-order valence-electron chi connectivity index (χ2n) is 9.44. The number of hydrogen-bond acceptors (Lipinski definition) is 7. The van der Waals surface area contributed by atoms with Gasteiger partial charge in [-0.15, -0.1) is 0 Å². The lowest BCUT2D eigenvalue weighted by molar-refractivity contribution is -0.384. The smallest absolute Gasteiger partial charge is 0.295 e. The van der Waals surface area contributed by atoms with Crippen LogP contribution in [0.1, 0.15) is 63.1 Å². The number of carbonyl (C=O) groups excluding carboxylic acids is 2. The molecule has 1 atom stereocenters. The molecular weight excluding hydrogens is 486 g/mol. The summed E-state index contributed by atoms with van der Waals surface area (Å²) in [5.41, 5.74) is 0.336. The molecule has 0 aliphatic carbocycles. The van der Waals surface area contributed by atoms with Crippen LogP contribution in [0.25, 0.3) is 5.76 Å². The van der Waals surface area contributed by atoms with Gasteiger partial charge in [0.15, 0.2) is 0 Å². The fraction of sp³-hybridized carbons (Fsp3) is 0.448. The lowest BCUT2D eigenvalue weighted by Crippen LogP contribution is -2.34. The summed E-state index contributed by atoms with van der Waals surface area (Å²) in [7, 11) is 1.50. The van der Waals surface area contributed by atoms with Gasteiger partial charge < -0.3 is 19.6 Å². The molecule has 2 aromatic carbocycles. The van der Waals surface area contributed by atoms with Gasteiger partial charge in [-0.2, -0.15) is 0 Å². The number of rotatable bonds is 14. The molecule has 1 aliphatic heterocycles. The first-order chi connectivity index (χ1) is 18.3. The van der Waals surface area contributed by atoms with Gasteiger partial charge in [0.2, 0.25) is 0 Å². The number of para-hydroxylation sites is 1. The Hall–Kier alpha value is -3.72. The van der Waals surface area contributed by atoms with Gasteiger partial charge in [0.25, 0.3) is 17.4 Å². The maximum absolute atomic E-state index is 13.3. The van der Waals surface area contributed by atoms with Gasteiger partial charge in [0.1, 0.15) is 11.5 Å². The summed E-state index contributed by atoms with van der Waals surface area (Å²) >= 11 is 0. The third-order valence-corrected chi connectivity index (χ3v) is 6.83. The van der Waals surface area contributed by atoms with E-state index in [2.05, 4.69) is 18.7 Å². The average Bonchev–Trinajstić information content (AvgIpc) is 3.18. The summed E-state index contributed by atoms with van der Waals surface area (Å²) < 4.78 is 5.54.